The van der Waals surface area contributed by atoms with E-state index in [0.717, 1.165) is 12.1 Å². The molecule has 41 heavy (non-hydrogen) atoms. The van der Waals surface area contributed by atoms with Crippen molar-refractivity contribution in [1.82, 2.24) is 0 Å². The molecule has 212 valence electrons. The predicted octanol–water partition coefficient (Wildman–Crippen LogP) is 3.29. The second-order valence-corrected chi connectivity index (χ2v) is 10.2. The third-order valence-electron chi connectivity index (χ3n) is 7.56. The van der Waals surface area contributed by atoms with Crippen LogP contribution < -0.4 is 9.47 Å². The minimum Gasteiger partial charge on any atom is -0.508 e. The highest BCUT2D eigenvalue weighted by molar-refractivity contribution is 5.57. The first-order valence-corrected chi connectivity index (χ1v) is 12.7. The molecule has 2 heterocycles. The molecule has 0 aromatic heterocycles. The van der Waals surface area contributed by atoms with Crippen molar-refractivity contribution < 1.29 is 55.4 Å². The van der Waals surface area contributed by atoms with Crippen LogP contribution in [0, 0.1) is 0 Å². The lowest BCUT2D eigenvalue weighted by molar-refractivity contribution is 0.00729. The zero-order chi connectivity index (χ0) is 29.2. The summed E-state index contributed by atoms with van der Waals surface area (Å²) in [7, 11) is 0. The fraction of sp³-hybridized carbons (Fsp3) is 0.200. The quantitative estimate of drug-likeness (QED) is 0.166. The normalized spacial score (nSPS) is 23.1. The molecule has 5 atom stereocenters. The van der Waals surface area contributed by atoms with Gasteiger partial charge in [0.2, 0.25) is 0 Å². The Kier molecular flexibility index (Phi) is 6.13. The van der Waals surface area contributed by atoms with E-state index in [1.165, 1.54) is 36.4 Å². The number of hydrogen-bond donors (Lipinski definition) is 9. The van der Waals surface area contributed by atoms with Gasteiger partial charge < -0.3 is 55.4 Å². The number of phenolic OH excluding ortho intramolecular Hbond substituents is 7. The number of ether oxygens (including phenoxy) is 2. The molecule has 0 saturated carbocycles. The molecular formula is C30H26O11. The number of aromatic hydroxyl groups is 7. The summed E-state index contributed by atoms with van der Waals surface area (Å²) in [5.74, 6) is -3.40. The molecule has 0 saturated heterocycles. The summed E-state index contributed by atoms with van der Waals surface area (Å²) in [5, 5.41) is 93.0. The highest BCUT2D eigenvalue weighted by Crippen LogP contribution is 2.51. The second kappa shape index (κ2) is 9.58. The third-order valence-corrected chi connectivity index (χ3v) is 7.56. The molecule has 0 radical (unpaired) electrons. The van der Waals surface area contributed by atoms with E-state index in [2.05, 4.69) is 0 Å². The maximum atomic E-state index is 11.6. The molecule has 9 N–H and O–H groups in total. The summed E-state index contributed by atoms with van der Waals surface area (Å²) < 4.78 is 12.0. The molecule has 0 amide bonds. The highest BCUT2D eigenvalue weighted by atomic mass is 16.5. The Balaban J connectivity index is 1.41. The second-order valence-electron chi connectivity index (χ2n) is 10.2. The van der Waals surface area contributed by atoms with Gasteiger partial charge in [-0.3, -0.25) is 0 Å². The lowest BCUT2D eigenvalue weighted by atomic mass is 9.78. The zero-order valence-corrected chi connectivity index (χ0v) is 21.2. The van der Waals surface area contributed by atoms with Crippen LogP contribution in [0.5, 0.6) is 51.7 Å². The number of aliphatic hydroxyl groups is 2. The Bertz CT molecular complexity index is 1640. The first-order valence-electron chi connectivity index (χ1n) is 12.7. The number of hydrogen-bond acceptors (Lipinski definition) is 11. The number of fused-ring (bicyclic) bond motifs is 2. The standard InChI is InChI=1S/C30H26O11/c31-15-2-3-16-25(10-15)41-30(12-1-4-18(32)20(34)6-12)28(39)26(16)17-5-13-7-23(37)29(40-24(13)11-19(17)33)14-8-21(35)27(38)22(36)9-14/h1-6,8-11,23,26,28-39H,7H2. The van der Waals surface area contributed by atoms with Gasteiger partial charge in [-0.1, -0.05) is 12.1 Å². The summed E-state index contributed by atoms with van der Waals surface area (Å²) in [6.07, 6.45) is -4.48. The van der Waals surface area contributed by atoms with Crippen molar-refractivity contribution >= 4 is 0 Å². The van der Waals surface area contributed by atoms with Gasteiger partial charge in [0.15, 0.2) is 41.0 Å². The molecule has 5 unspecified atom stereocenters. The zero-order valence-electron chi connectivity index (χ0n) is 21.2. The van der Waals surface area contributed by atoms with E-state index in [1.807, 2.05) is 0 Å². The summed E-state index contributed by atoms with van der Waals surface area (Å²) >= 11 is 0. The van der Waals surface area contributed by atoms with Crippen LogP contribution >= 0.6 is 0 Å². The van der Waals surface area contributed by atoms with E-state index in [9.17, 15) is 46.0 Å². The van der Waals surface area contributed by atoms with E-state index in [4.69, 9.17) is 9.47 Å². The maximum Gasteiger partial charge on any atom is 0.200 e. The van der Waals surface area contributed by atoms with Crippen LogP contribution in [0.3, 0.4) is 0 Å². The lowest BCUT2D eigenvalue weighted by Gasteiger charge is -2.38. The first-order chi connectivity index (χ1) is 19.5. The van der Waals surface area contributed by atoms with Gasteiger partial charge in [0.1, 0.15) is 29.1 Å². The lowest BCUT2D eigenvalue weighted by Crippen LogP contribution is -2.35. The van der Waals surface area contributed by atoms with Crippen molar-refractivity contribution in [2.75, 3.05) is 0 Å². The smallest absolute Gasteiger partial charge is 0.200 e. The minimum atomic E-state index is -1.30. The largest absolute Gasteiger partial charge is 0.508 e. The predicted molar refractivity (Wildman–Crippen MR) is 142 cm³/mol. The van der Waals surface area contributed by atoms with Crippen LogP contribution in [0.15, 0.2) is 60.7 Å². The van der Waals surface area contributed by atoms with E-state index >= 15 is 0 Å². The van der Waals surface area contributed by atoms with Crippen molar-refractivity contribution in [1.29, 1.82) is 0 Å². The van der Waals surface area contributed by atoms with Gasteiger partial charge in [0.05, 0.1) is 6.10 Å². The van der Waals surface area contributed by atoms with Gasteiger partial charge in [-0.15, -0.1) is 0 Å². The summed E-state index contributed by atoms with van der Waals surface area (Å²) in [4.78, 5) is 0. The molecule has 11 heteroatoms. The molecule has 0 aliphatic carbocycles. The van der Waals surface area contributed by atoms with Crippen molar-refractivity contribution in [2.24, 2.45) is 0 Å². The van der Waals surface area contributed by atoms with Gasteiger partial charge in [0, 0.05) is 41.2 Å². The molecule has 6 rings (SSSR count). The summed E-state index contributed by atoms with van der Waals surface area (Å²) in [5.41, 5.74) is 1.80. The van der Waals surface area contributed by atoms with Crippen molar-refractivity contribution in [2.45, 2.75) is 36.8 Å². The Morgan fingerprint density at radius 2 is 1.24 bits per heavy atom. The average Bonchev–Trinajstić information content (AvgIpc) is 2.92. The van der Waals surface area contributed by atoms with Crippen LogP contribution in [0.2, 0.25) is 0 Å². The highest BCUT2D eigenvalue weighted by Gasteiger charge is 2.42. The van der Waals surface area contributed by atoms with Gasteiger partial charge in [-0.25, -0.2) is 0 Å². The van der Waals surface area contributed by atoms with E-state index in [0.29, 0.717) is 16.7 Å². The van der Waals surface area contributed by atoms with Crippen LogP contribution in [-0.4, -0.2) is 58.2 Å². The summed E-state index contributed by atoms with van der Waals surface area (Å²) in [6, 6.07) is 13.6. The SMILES string of the molecule is Oc1ccc2c(c1)OC(c1ccc(O)c(O)c1)C(O)C2c1cc2c(cc1O)OC(c1cc(O)c(O)c(O)c1)C(O)C2. The Hall–Kier alpha value is -5.00. The number of aliphatic hydroxyl groups excluding tert-OH is 2. The van der Waals surface area contributed by atoms with Gasteiger partial charge in [-0.05, 0) is 47.5 Å². The molecule has 2 aliphatic heterocycles. The number of benzene rings is 4. The minimum absolute atomic E-state index is 0.0483. The molecule has 0 spiro atoms. The Labute approximate surface area is 232 Å². The molecule has 4 aromatic carbocycles. The molecule has 4 aromatic rings. The molecular weight excluding hydrogens is 536 g/mol. The average molecular weight is 563 g/mol. The molecule has 0 bridgehead atoms. The Morgan fingerprint density at radius 1 is 0.561 bits per heavy atom. The molecule has 0 fully saturated rings. The van der Waals surface area contributed by atoms with Crippen molar-refractivity contribution in [3.63, 3.8) is 0 Å². The van der Waals surface area contributed by atoms with Crippen LogP contribution in [0.4, 0.5) is 0 Å². The van der Waals surface area contributed by atoms with E-state index in [-0.39, 0.29) is 46.3 Å². The van der Waals surface area contributed by atoms with Crippen molar-refractivity contribution in [3.8, 4) is 51.7 Å². The Morgan fingerprint density at radius 3 is 1.95 bits per heavy atom. The van der Waals surface area contributed by atoms with Crippen LogP contribution in [0.1, 0.15) is 45.9 Å². The first kappa shape index (κ1) is 26.2. The summed E-state index contributed by atoms with van der Waals surface area (Å²) in [6.45, 7) is 0. The molecule has 11 nitrogen and oxygen atoms in total. The van der Waals surface area contributed by atoms with Crippen LogP contribution in [-0.2, 0) is 6.42 Å². The fourth-order valence-electron chi connectivity index (χ4n) is 5.56. The monoisotopic (exact) mass is 562 g/mol. The van der Waals surface area contributed by atoms with Crippen molar-refractivity contribution in [3.05, 3.63) is 88.5 Å². The number of phenols is 7. The van der Waals surface area contributed by atoms with E-state index in [1.54, 1.807) is 12.1 Å². The van der Waals surface area contributed by atoms with Gasteiger partial charge in [-0.2, -0.15) is 0 Å². The fourth-order valence-corrected chi connectivity index (χ4v) is 5.56. The third kappa shape index (κ3) is 4.41. The topological polar surface area (TPSA) is 201 Å². The molecule has 2 aliphatic rings. The van der Waals surface area contributed by atoms with Crippen LogP contribution in [0.25, 0.3) is 0 Å². The van der Waals surface area contributed by atoms with Gasteiger partial charge >= 0.3 is 0 Å². The van der Waals surface area contributed by atoms with E-state index < -0.39 is 53.3 Å². The number of rotatable bonds is 3. The maximum absolute atomic E-state index is 11.6. The van der Waals surface area contributed by atoms with Gasteiger partial charge in [0.25, 0.3) is 0 Å².